The molecule has 0 saturated heterocycles. The van der Waals surface area contributed by atoms with E-state index < -0.39 is 5.91 Å². The van der Waals surface area contributed by atoms with Crippen LogP contribution in [-0.4, -0.2) is 23.2 Å². The van der Waals surface area contributed by atoms with Gasteiger partial charge in [0.05, 0.1) is 0 Å². The number of amides is 1. The van der Waals surface area contributed by atoms with Crippen LogP contribution < -0.4 is 15.8 Å². The first-order valence-corrected chi connectivity index (χ1v) is 5.74. The fraction of sp³-hybridized carbons (Fsp3) is 0.154. The Morgan fingerprint density at radius 1 is 1.32 bits per heavy atom. The number of rotatable bonds is 5. The van der Waals surface area contributed by atoms with E-state index in [1.807, 2.05) is 31.3 Å². The molecular formula is C13H14N4O2. The second kappa shape index (κ2) is 5.92. The number of aromatic nitrogens is 2. The summed E-state index contributed by atoms with van der Waals surface area (Å²) < 4.78 is 5.55. The number of nitrogens with zero attached hydrogens (tertiary/aromatic N) is 2. The van der Waals surface area contributed by atoms with Crippen LogP contribution in [0.1, 0.15) is 16.1 Å². The summed E-state index contributed by atoms with van der Waals surface area (Å²) in [6.07, 6.45) is 0. The van der Waals surface area contributed by atoms with Gasteiger partial charge in [-0.2, -0.15) is 0 Å². The number of benzene rings is 1. The van der Waals surface area contributed by atoms with Crippen LogP contribution in [-0.2, 0) is 6.54 Å². The van der Waals surface area contributed by atoms with Gasteiger partial charge in [-0.1, -0.05) is 12.1 Å². The molecule has 1 aromatic heterocycles. The summed E-state index contributed by atoms with van der Waals surface area (Å²) in [7, 11) is 1.88. The van der Waals surface area contributed by atoms with Gasteiger partial charge >= 0.3 is 0 Å². The molecule has 0 aliphatic heterocycles. The molecule has 6 heteroatoms. The number of carbonyl (C=O) groups is 1. The number of hydrogen-bond acceptors (Lipinski definition) is 5. The number of hydrogen-bond donors (Lipinski definition) is 2. The van der Waals surface area contributed by atoms with Gasteiger partial charge in [-0.15, -0.1) is 10.2 Å². The molecule has 1 aromatic carbocycles. The quantitative estimate of drug-likeness (QED) is 0.837. The van der Waals surface area contributed by atoms with Gasteiger partial charge in [-0.25, -0.2) is 0 Å². The van der Waals surface area contributed by atoms with Crippen molar-refractivity contribution in [2.45, 2.75) is 6.54 Å². The van der Waals surface area contributed by atoms with Crippen molar-refractivity contribution in [3.63, 3.8) is 0 Å². The minimum absolute atomic E-state index is 0.108. The fourth-order valence-corrected chi connectivity index (χ4v) is 1.55. The van der Waals surface area contributed by atoms with E-state index in [1.165, 1.54) is 6.07 Å². The molecule has 0 unspecified atom stereocenters. The Morgan fingerprint density at radius 2 is 2.16 bits per heavy atom. The van der Waals surface area contributed by atoms with Crippen LogP contribution in [0, 0.1) is 0 Å². The van der Waals surface area contributed by atoms with Gasteiger partial charge in [0, 0.05) is 12.6 Å². The molecule has 98 valence electrons. The van der Waals surface area contributed by atoms with Crippen LogP contribution in [0.4, 0.5) is 0 Å². The van der Waals surface area contributed by atoms with Crippen molar-refractivity contribution in [1.29, 1.82) is 0 Å². The summed E-state index contributed by atoms with van der Waals surface area (Å²) in [5, 5.41) is 10.5. The smallest absolute Gasteiger partial charge is 0.269 e. The largest absolute Gasteiger partial charge is 0.438 e. The van der Waals surface area contributed by atoms with E-state index in [0.717, 1.165) is 12.1 Å². The summed E-state index contributed by atoms with van der Waals surface area (Å²) in [5.41, 5.74) is 6.29. The number of primary amides is 1. The van der Waals surface area contributed by atoms with E-state index in [9.17, 15) is 4.79 Å². The van der Waals surface area contributed by atoms with Gasteiger partial charge < -0.3 is 15.8 Å². The highest BCUT2D eigenvalue weighted by atomic mass is 16.5. The minimum atomic E-state index is -0.616. The highest BCUT2D eigenvalue weighted by Crippen LogP contribution is 2.19. The monoisotopic (exact) mass is 258 g/mol. The first-order chi connectivity index (χ1) is 9.19. The first-order valence-electron chi connectivity index (χ1n) is 5.74. The first kappa shape index (κ1) is 13.0. The second-order valence-electron chi connectivity index (χ2n) is 3.90. The molecule has 0 bridgehead atoms. The van der Waals surface area contributed by atoms with Gasteiger partial charge in [0.2, 0.25) is 5.88 Å². The third kappa shape index (κ3) is 3.49. The third-order valence-electron chi connectivity index (χ3n) is 2.39. The van der Waals surface area contributed by atoms with E-state index in [4.69, 9.17) is 10.5 Å². The standard InChI is InChI=1S/C13H14N4O2/c1-15-8-9-3-2-4-10(7-9)19-12-6-5-11(13(14)18)16-17-12/h2-7,15H,8H2,1H3,(H2,14,18). The molecule has 19 heavy (non-hydrogen) atoms. The molecular weight excluding hydrogens is 244 g/mol. The predicted molar refractivity (Wildman–Crippen MR) is 69.8 cm³/mol. The van der Waals surface area contributed by atoms with E-state index in [2.05, 4.69) is 15.5 Å². The zero-order valence-electron chi connectivity index (χ0n) is 10.5. The van der Waals surface area contributed by atoms with Crippen molar-refractivity contribution >= 4 is 5.91 Å². The maximum absolute atomic E-state index is 10.9. The lowest BCUT2D eigenvalue weighted by atomic mass is 10.2. The highest BCUT2D eigenvalue weighted by molar-refractivity contribution is 5.90. The normalized spacial score (nSPS) is 10.2. The van der Waals surface area contributed by atoms with E-state index in [0.29, 0.717) is 11.6 Å². The van der Waals surface area contributed by atoms with Crippen molar-refractivity contribution in [2.75, 3.05) is 7.05 Å². The maximum Gasteiger partial charge on any atom is 0.269 e. The summed E-state index contributed by atoms with van der Waals surface area (Å²) in [5.74, 6) is 0.357. The van der Waals surface area contributed by atoms with Gasteiger partial charge in [-0.3, -0.25) is 4.79 Å². The molecule has 3 N–H and O–H groups in total. The lowest BCUT2D eigenvalue weighted by Gasteiger charge is -2.06. The Bertz CT molecular complexity index is 569. The topological polar surface area (TPSA) is 90.1 Å². The Hall–Kier alpha value is -2.47. The van der Waals surface area contributed by atoms with Crippen LogP contribution in [0.3, 0.4) is 0 Å². The lowest BCUT2D eigenvalue weighted by Crippen LogP contribution is -2.13. The molecule has 6 nitrogen and oxygen atoms in total. The molecule has 0 aliphatic carbocycles. The van der Waals surface area contributed by atoms with Crippen molar-refractivity contribution in [3.8, 4) is 11.6 Å². The zero-order chi connectivity index (χ0) is 13.7. The zero-order valence-corrected chi connectivity index (χ0v) is 10.5. The third-order valence-corrected chi connectivity index (χ3v) is 2.39. The number of nitrogens with two attached hydrogens (primary N) is 1. The molecule has 0 saturated carbocycles. The van der Waals surface area contributed by atoms with Gasteiger partial charge in [0.25, 0.3) is 5.91 Å². The molecule has 1 heterocycles. The molecule has 0 fully saturated rings. The number of ether oxygens (including phenoxy) is 1. The van der Waals surface area contributed by atoms with E-state index >= 15 is 0 Å². The molecule has 1 amide bonds. The number of nitrogens with one attached hydrogen (secondary N) is 1. The Morgan fingerprint density at radius 3 is 2.79 bits per heavy atom. The Labute approximate surface area is 110 Å². The Balaban J connectivity index is 2.12. The molecule has 0 radical (unpaired) electrons. The lowest BCUT2D eigenvalue weighted by molar-refractivity contribution is 0.0994. The van der Waals surface area contributed by atoms with Gasteiger partial charge in [0.15, 0.2) is 5.69 Å². The molecule has 0 atom stereocenters. The second-order valence-corrected chi connectivity index (χ2v) is 3.90. The number of carbonyl (C=O) groups excluding carboxylic acids is 1. The van der Waals surface area contributed by atoms with Crippen LogP contribution in [0.15, 0.2) is 36.4 Å². The van der Waals surface area contributed by atoms with E-state index in [1.54, 1.807) is 6.07 Å². The summed E-state index contributed by atoms with van der Waals surface area (Å²) in [4.78, 5) is 10.9. The van der Waals surface area contributed by atoms with Crippen molar-refractivity contribution in [3.05, 3.63) is 47.7 Å². The van der Waals surface area contributed by atoms with Crippen LogP contribution in [0.25, 0.3) is 0 Å². The van der Waals surface area contributed by atoms with E-state index in [-0.39, 0.29) is 5.69 Å². The van der Waals surface area contributed by atoms with Crippen LogP contribution in [0.5, 0.6) is 11.6 Å². The molecule has 2 rings (SSSR count). The predicted octanol–water partition coefficient (Wildman–Crippen LogP) is 1.09. The Kier molecular flexibility index (Phi) is 4.04. The van der Waals surface area contributed by atoms with Gasteiger partial charge in [-0.05, 0) is 30.8 Å². The van der Waals surface area contributed by atoms with Crippen molar-refractivity contribution in [2.24, 2.45) is 5.73 Å². The van der Waals surface area contributed by atoms with Gasteiger partial charge in [0.1, 0.15) is 5.75 Å². The van der Waals surface area contributed by atoms with Crippen LogP contribution in [0.2, 0.25) is 0 Å². The summed E-state index contributed by atoms with van der Waals surface area (Å²) in [6.45, 7) is 0.753. The van der Waals surface area contributed by atoms with Crippen molar-refractivity contribution < 1.29 is 9.53 Å². The fourth-order valence-electron chi connectivity index (χ4n) is 1.55. The summed E-state index contributed by atoms with van der Waals surface area (Å²) >= 11 is 0. The average Bonchev–Trinajstić information content (AvgIpc) is 2.40. The van der Waals surface area contributed by atoms with Crippen LogP contribution >= 0.6 is 0 Å². The minimum Gasteiger partial charge on any atom is -0.438 e. The SMILES string of the molecule is CNCc1cccc(Oc2ccc(C(N)=O)nn2)c1. The average molecular weight is 258 g/mol. The van der Waals surface area contributed by atoms with Crippen molar-refractivity contribution in [1.82, 2.24) is 15.5 Å². The summed E-state index contributed by atoms with van der Waals surface area (Å²) in [6, 6.07) is 10.6. The maximum atomic E-state index is 10.9. The molecule has 2 aromatic rings. The molecule has 0 spiro atoms. The highest BCUT2D eigenvalue weighted by Gasteiger charge is 2.05. The molecule has 0 aliphatic rings.